The minimum Gasteiger partial charge on any atom is -0.444 e. The molecule has 2 N–H and O–H groups in total. The number of alkyl carbamates (subject to hydrolysis) is 1. The Morgan fingerprint density at radius 1 is 1.03 bits per heavy atom. The molecule has 1 saturated carbocycles. The molecule has 7 heteroatoms. The molecule has 0 aliphatic heterocycles. The smallest absolute Gasteiger partial charge is 0.408 e. The molecule has 0 spiro atoms. The van der Waals surface area contributed by atoms with Crippen LogP contribution in [0.2, 0.25) is 0 Å². The predicted octanol–water partition coefficient (Wildman–Crippen LogP) is 5.20. The highest BCUT2D eigenvalue weighted by atomic mass is 16.6. The second kappa shape index (κ2) is 11.8. The van der Waals surface area contributed by atoms with Crippen LogP contribution in [0, 0.1) is 19.8 Å². The molecule has 0 aromatic heterocycles. The lowest BCUT2D eigenvalue weighted by Gasteiger charge is -2.36. The summed E-state index contributed by atoms with van der Waals surface area (Å²) in [5, 5.41) is 5.83. The molecular weight excluding hydrogens is 466 g/mol. The third-order valence-electron chi connectivity index (χ3n) is 6.36. The number of aryl methyl sites for hydroxylation is 2. The molecule has 200 valence electrons. The number of ether oxygens (including phenoxy) is 1. The fraction of sp³-hybridized carbons (Fsp3) is 0.500. The molecule has 2 unspecified atom stereocenters. The van der Waals surface area contributed by atoms with E-state index in [1.165, 1.54) is 0 Å². The van der Waals surface area contributed by atoms with E-state index in [9.17, 15) is 14.4 Å². The van der Waals surface area contributed by atoms with E-state index in [1.807, 2.05) is 76.2 Å². The Morgan fingerprint density at radius 3 is 2.22 bits per heavy atom. The monoisotopic (exact) mass is 507 g/mol. The zero-order valence-electron chi connectivity index (χ0n) is 23.1. The quantitative estimate of drug-likeness (QED) is 0.488. The summed E-state index contributed by atoms with van der Waals surface area (Å²) in [6.07, 6.45) is 0.985. The first-order valence-corrected chi connectivity index (χ1v) is 13.1. The second-order valence-electron chi connectivity index (χ2n) is 11.3. The normalized spacial score (nSPS) is 15.0. The summed E-state index contributed by atoms with van der Waals surface area (Å²) in [7, 11) is 0. The maximum absolute atomic E-state index is 14.1. The Labute approximate surface area is 221 Å². The molecule has 3 amide bonds. The number of rotatable bonds is 9. The zero-order valence-corrected chi connectivity index (χ0v) is 23.1. The number of amides is 3. The highest BCUT2D eigenvalue weighted by molar-refractivity contribution is 5.93. The van der Waals surface area contributed by atoms with Crippen LogP contribution >= 0.6 is 0 Å². The summed E-state index contributed by atoms with van der Waals surface area (Å²) < 4.78 is 5.44. The van der Waals surface area contributed by atoms with Gasteiger partial charge in [0.15, 0.2) is 0 Å². The summed E-state index contributed by atoms with van der Waals surface area (Å²) in [5.41, 5.74) is 3.10. The number of benzene rings is 2. The van der Waals surface area contributed by atoms with Gasteiger partial charge >= 0.3 is 6.09 Å². The van der Waals surface area contributed by atoms with E-state index in [-0.39, 0.29) is 23.8 Å². The van der Waals surface area contributed by atoms with E-state index in [2.05, 4.69) is 10.6 Å². The number of nitrogens with zero attached hydrogens (tertiary/aromatic N) is 1. The molecular formula is C30H41N3O4. The van der Waals surface area contributed by atoms with Crippen molar-refractivity contribution >= 4 is 17.9 Å². The van der Waals surface area contributed by atoms with Gasteiger partial charge < -0.3 is 20.3 Å². The van der Waals surface area contributed by atoms with Crippen LogP contribution in [0.1, 0.15) is 75.8 Å². The first-order valence-electron chi connectivity index (χ1n) is 13.1. The van der Waals surface area contributed by atoms with Crippen molar-refractivity contribution in [1.29, 1.82) is 0 Å². The Morgan fingerprint density at radius 2 is 1.68 bits per heavy atom. The number of hydrogen-bond donors (Lipinski definition) is 2. The van der Waals surface area contributed by atoms with Crippen LogP contribution in [-0.4, -0.2) is 40.5 Å². The van der Waals surface area contributed by atoms with Crippen molar-refractivity contribution in [2.45, 2.75) is 91.6 Å². The molecule has 7 nitrogen and oxygen atoms in total. The molecule has 2 aromatic carbocycles. The van der Waals surface area contributed by atoms with Gasteiger partial charge in [0.1, 0.15) is 17.7 Å². The molecule has 37 heavy (non-hydrogen) atoms. The van der Waals surface area contributed by atoms with Crippen LogP contribution in [0.4, 0.5) is 4.79 Å². The zero-order chi connectivity index (χ0) is 27.3. The highest BCUT2D eigenvalue weighted by Gasteiger charge is 2.45. The predicted molar refractivity (Wildman–Crippen MR) is 145 cm³/mol. The molecule has 2 atom stereocenters. The number of nitrogens with one attached hydrogen (secondary N) is 2. The number of carbonyl (C=O) groups excluding carboxylic acids is 3. The molecule has 1 aliphatic carbocycles. The van der Waals surface area contributed by atoms with Gasteiger partial charge in [0.05, 0.1) is 0 Å². The maximum Gasteiger partial charge on any atom is 0.408 e. The van der Waals surface area contributed by atoms with E-state index >= 15 is 0 Å². The molecule has 3 rings (SSSR count). The SMILES string of the molecule is Cc1ccc(C(C(=O)NCc2ccccc2)N(C(=O)C(NC(=O)OC(C)(C)C)C(C)C)C2CC2)c(C)c1. The summed E-state index contributed by atoms with van der Waals surface area (Å²) in [5.74, 6) is -0.715. The van der Waals surface area contributed by atoms with E-state index in [0.29, 0.717) is 6.54 Å². The molecule has 0 heterocycles. The molecule has 0 bridgehead atoms. The lowest BCUT2D eigenvalue weighted by atomic mass is 9.95. The van der Waals surface area contributed by atoms with Crippen molar-refractivity contribution < 1.29 is 19.1 Å². The van der Waals surface area contributed by atoms with Gasteiger partial charge in [-0.3, -0.25) is 9.59 Å². The molecule has 0 radical (unpaired) electrons. The van der Waals surface area contributed by atoms with E-state index in [1.54, 1.807) is 25.7 Å². The van der Waals surface area contributed by atoms with Gasteiger partial charge in [0.25, 0.3) is 0 Å². The lowest BCUT2D eigenvalue weighted by molar-refractivity contribution is -0.144. The van der Waals surface area contributed by atoms with E-state index in [4.69, 9.17) is 4.74 Å². The fourth-order valence-corrected chi connectivity index (χ4v) is 4.41. The first kappa shape index (κ1) is 28.2. The van der Waals surface area contributed by atoms with Crippen molar-refractivity contribution in [1.82, 2.24) is 15.5 Å². The van der Waals surface area contributed by atoms with Gasteiger partial charge in [-0.15, -0.1) is 0 Å². The Hall–Kier alpha value is -3.35. The highest BCUT2D eigenvalue weighted by Crippen LogP contribution is 2.37. The fourth-order valence-electron chi connectivity index (χ4n) is 4.41. The Bertz CT molecular complexity index is 1100. The first-order chi connectivity index (χ1) is 17.4. The van der Waals surface area contributed by atoms with Crippen LogP contribution in [0.25, 0.3) is 0 Å². The average molecular weight is 508 g/mol. The standard InChI is InChI=1S/C30H41N3O4/c1-19(2)25(32-29(36)37-30(5,6)7)28(35)33(23-14-15-23)26(24-16-13-20(3)17-21(24)4)27(34)31-18-22-11-9-8-10-12-22/h8-13,16-17,19,23,25-26H,14-15,18H2,1-7H3,(H,31,34)(H,32,36). The minimum absolute atomic E-state index is 0.0673. The van der Waals surface area contributed by atoms with E-state index < -0.39 is 23.8 Å². The summed E-state index contributed by atoms with van der Waals surface area (Å²) in [6, 6.07) is 13.9. The molecule has 0 saturated heterocycles. The van der Waals surface area contributed by atoms with Crippen LogP contribution < -0.4 is 10.6 Å². The molecule has 1 fully saturated rings. The van der Waals surface area contributed by atoms with Crippen molar-refractivity contribution in [3.05, 3.63) is 70.8 Å². The van der Waals surface area contributed by atoms with Crippen molar-refractivity contribution in [3.8, 4) is 0 Å². The van der Waals surface area contributed by atoms with E-state index in [0.717, 1.165) is 35.1 Å². The van der Waals surface area contributed by atoms with Gasteiger partial charge in [-0.1, -0.05) is 67.9 Å². The van der Waals surface area contributed by atoms with Crippen molar-refractivity contribution in [3.63, 3.8) is 0 Å². The largest absolute Gasteiger partial charge is 0.444 e. The topological polar surface area (TPSA) is 87.7 Å². The van der Waals surface area contributed by atoms with Gasteiger partial charge in [0, 0.05) is 12.6 Å². The Balaban J connectivity index is 1.96. The third-order valence-corrected chi connectivity index (χ3v) is 6.36. The lowest BCUT2D eigenvalue weighted by Crippen LogP contribution is -2.55. The third kappa shape index (κ3) is 7.81. The van der Waals surface area contributed by atoms with Gasteiger partial charge in [0.2, 0.25) is 11.8 Å². The second-order valence-corrected chi connectivity index (χ2v) is 11.3. The van der Waals surface area contributed by atoms with Gasteiger partial charge in [-0.05, 0) is 70.1 Å². The van der Waals surface area contributed by atoms with Crippen LogP contribution in [0.5, 0.6) is 0 Å². The van der Waals surface area contributed by atoms with Crippen LogP contribution in [-0.2, 0) is 20.9 Å². The van der Waals surface area contributed by atoms with Gasteiger partial charge in [-0.2, -0.15) is 0 Å². The Kier molecular flexibility index (Phi) is 9.00. The number of carbonyl (C=O) groups is 3. The van der Waals surface area contributed by atoms with Gasteiger partial charge in [-0.25, -0.2) is 4.79 Å². The molecule has 1 aliphatic rings. The van der Waals surface area contributed by atoms with Crippen LogP contribution in [0.15, 0.2) is 48.5 Å². The van der Waals surface area contributed by atoms with Crippen LogP contribution in [0.3, 0.4) is 0 Å². The van der Waals surface area contributed by atoms with Crippen molar-refractivity contribution in [2.24, 2.45) is 5.92 Å². The maximum atomic E-state index is 14.1. The molecule has 2 aromatic rings. The van der Waals surface area contributed by atoms with Crippen molar-refractivity contribution in [2.75, 3.05) is 0 Å². The average Bonchev–Trinajstić information content (AvgIpc) is 3.64. The summed E-state index contributed by atoms with van der Waals surface area (Å²) in [4.78, 5) is 42.3. The number of hydrogen-bond acceptors (Lipinski definition) is 4. The summed E-state index contributed by atoms with van der Waals surface area (Å²) >= 11 is 0. The minimum atomic E-state index is -0.828. The summed E-state index contributed by atoms with van der Waals surface area (Å²) in [6.45, 7) is 13.4.